The lowest BCUT2D eigenvalue weighted by atomic mass is 9.97. The molecule has 1 aliphatic rings. The van der Waals surface area contributed by atoms with Gasteiger partial charge in [-0.05, 0) is 23.8 Å². The highest BCUT2D eigenvalue weighted by Gasteiger charge is 2.37. The highest BCUT2D eigenvalue weighted by atomic mass is 16.6. The fourth-order valence-electron chi connectivity index (χ4n) is 3.09. The Morgan fingerprint density at radius 1 is 0.962 bits per heavy atom. The van der Waals surface area contributed by atoms with Crippen LogP contribution in [0.5, 0.6) is 28.7 Å². The van der Waals surface area contributed by atoms with E-state index in [-0.39, 0.29) is 17.1 Å². The summed E-state index contributed by atoms with van der Waals surface area (Å²) in [6.45, 7) is 0. The lowest BCUT2D eigenvalue weighted by Gasteiger charge is -2.15. The number of hydrogen-bond donors (Lipinski definition) is 1. The number of ether oxygens (including phenoxy) is 5. The summed E-state index contributed by atoms with van der Waals surface area (Å²) in [5.74, 6) is 0.772. The van der Waals surface area contributed by atoms with Gasteiger partial charge in [-0.15, -0.1) is 0 Å². The fourth-order valence-corrected chi connectivity index (χ4v) is 3.09. The molecule has 26 heavy (non-hydrogen) atoms. The van der Waals surface area contributed by atoms with E-state index in [0.29, 0.717) is 29.2 Å². The number of phenols is 1. The predicted octanol–water partition coefficient (Wildman–Crippen LogP) is 2.88. The maximum absolute atomic E-state index is 12.3. The SMILES string of the molecule is COc1ccc(CC2OC(=O)c3c2cc(OC)c(OC)c3O)cc1OC. The number of carbonyl (C=O) groups excluding carboxylic acids is 1. The first-order valence-electron chi connectivity index (χ1n) is 7.93. The summed E-state index contributed by atoms with van der Waals surface area (Å²) >= 11 is 0. The predicted molar refractivity (Wildman–Crippen MR) is 92.6 cm³/mol. The van der Waals surface area contributed by atoms with E-state index in [1.165, 1.54) is 14.2 Å². The molecule has 0 aliphatic carbocycles. The van der Waals surface area contributed by atoms with Gasteiger partial charge in [0, 0.05) is 12.0 Å². The van der Waals surface area contributed by atoms with Crippen molar-refractivity contribution in [3.05, 3.63) is 41.0 Å². The number of carbonyl (C=O) groups is 1. The van der Waals surface area contributed by atoms with Crippen molar-refractivity contribution in [3.8, 4) is 28.7 Å². The molecule has 0 aromatic heterocycles. The van der Waals surface area contributed by atoms with Crippen molar-refractivity contribution in [1.82, 2.24) is 0 Å². The summed E-state index contributed by atoms with van der Waals surface area (Å²) in [6, 6.07) is 7.14. The Hall–Kier alpha value is -3.09. The molecule has 138 valence electrons. The minimum Gasteiger partial charge on any atom is -0.504 e. The topological polar surface area (TPSA) is 83.5 Å². The van der Waals surface area contributed by atoms with Crippen LogP contribution in [0, 0.1) is 0 Å². The molecular formula is C19H20O7. The first-order chi connectivity index (χ1) is 12.5. The summed E-state index contributed by atoms with van der Waals surface area (Å²) in [5, 5.41) is 10.4. The van der Waals surface area contributed by atoms with Gasteiger partial charge in [-0.1, -0.05) is 6.07 Å². The van der Waals surface area contributed by atoms with Gasteiger partial charge in [0.25, 0.3) is 0 Å². The number of aromatic hydroxyl groups is 1. The summed E-state index contributed by atoms with van der Waals surface area (Å²) in [7, 11) is 5.98. The number of hydrogen-bond acceptors (Lipinski definition) is 7. The largest absolute Gasteiger partial charge is 0.504 e. The Bertz CT molecular complexity index is 844. The Balaban J connectivity index is 1.98. The molecule has 1 aliphatic heterocycles. The van der Waals surface area contributed by atoms with Crippen LogP contribution in [0.2, 0.25) is 0 Å². The van der Waals surface area contributed by atoms with Gasteiger partial charge in [0.15, 0.2) is 23.0 Å². The zero-order valence-electron chi connectivity index (χ0n) is 15.0. The van der Waals surface area contributed by atoms with Gasteiger partial charge in [-0.2, -0.15) is 0 Å². The third kappa shape index (κ3) is 2.85. The van der Waals surface area contributed by atoms with Crippen molar-refractivity contribution >= 4 is 5.97 Å². The van der Waals surface area contributed by atoms with Gasteiger partial charge in [-0.3, -0.25) is 0 Å². The van der Waals surface area contributed by atoms with Crippen LogP contribution in [0.1, 0.15) is 27.6 Å². The first kappa shape index (κ1) is 17.7. The minimum atomic E-state index is -0.594. The van der Waals surface area contributed by atoms with Crippen LogP contribution in [-0.4, -0.2) is 39.5 Å². The third-order valence-electron chi connectivity index (χ3n) is 4.34. The average molecular weight is 360 g/mol. The molecule has 0 amide bonds. The standard InChI is InChI=1S/C19H20O7/c1-22-12-6-5-10(8-14(12)23-2)7-13-11-9-15(24-3)18(25-4)17(20)16(11)19(21)26-13/h5-6,8-9,13,20H,7H2,1-4H3. The van der Waals surface area contributed by atoms with Crippen LogP contribution < -0.4 is 18.9 Å². The van der Waals surface area contributed by atoms with Crippen molar-refractivity contribution in [1.29, 1.82) is 0 Å². The zero-order valence-corrected chi connectivity index (χ0v) is 15.0. The molecule has 1 N–H and O–H groups in total. The second kappa shape index (κ2) is 7.03. The number of phenolic OH excluding ortho intramolecular Hbond substituents is 1. The van der Waals surface area contributed by atoms with Crippen LogP contribution in [0.15, 0.2) is 24.3 Å². The van der Waals surface area contributed by atoms with E-state index in [1.807, 2.05) is 12.1 Å². The monoisotopic (exact) mass is 360 g/mol. The number of benzene rings is 2. The van der Waals surface area contributed by atoms with Gasteiger partial charge >= 0.3 is 5.97 Å². The summed E-state index contributed by atoms with van der Waals surface area (Å²) < 4.78 is 26.4. The Labute approximate surface area is 151 Å². The van der Waals surface area contributed by atoms with Crippen LogP contribution in [0.3, 0.4) is 0 Å². The molecule has 1 atom stereocenters. The molecule has 1 heterocycles. The molecule has 3 rings (SSSR count). The Kier molecular flexibility index (Phi) is 4.79. The molecule has 0 radical (unpaired) electrons. The highest BCUT2D eigenvalue weighted by Crippen LogP contribution is 2.47. The van der Waals surface area contributed by atoms with Crippen molar-refractivity contribution in [2.24, 2.45) is 0 Å². The zero-order chi connectivity index (χ0) is 18.8. The van der Waals surface area contributed by atoms with Crippen LogP contribution >= 0.6 is 0 Å². The van der Waals surface area contributed by atoms with E-state index < -0.39 is 12.1 Å². The van der Waals surface area contributed by atoms with Gasteiger partial charge in [0.2, 0.25) is 5.75 Å². The molecule has 7 heteroatoms. The van der Waals surface area contributed by atoms with Crippen molar-refractivity contribution < 1.29 is 33.6 Å². The molecule has 2 aromatic carbocycles. The van der Waals surface area contributed by atoms with E-state index >= 15 is 0 Å². The molecule has 0 bridgehead atoms. The summed E-state index contributed by atoms with van der Waals surface area (Å²) in [6.07, 6.45) is -0.144. The number of cyclic esters (lactones) is 1. The normalized spacial score (nSPS) is 15.2. The van der Waals surface area contributed by atoms with Crippen LogP contribution in [0.4, 0.5) is 0 Å². The maximum Gasteiger partial charge on any atom is 0.343 e. The van der Waals surface area contributed by atoms with Gasteiger partial charge < -0.3 is 28.8 Å². The number of fused-ring (bicyclic) bond motifs is 1. The fraction of sp³-hybridized carbons (Fsp3) is 0.316. The van der Waals surface area contributed by atoms with Gasteiger partial charge in [0.1, 0.15) is 11.7 Å². The molecule has 1 unspecified atom stereocenters. The molecule has 2 aromatic rings. The smallest absolute Gasteiger partial charge is 0.343 e. The maximum atomic E-state index is 12.3. The summed E-state index contributed by atoms with van der Waals surface area (Å²) in [4.78, 5) is 12.3. The van der Waals surface area contributed by atoms with Crippen LogP contribution in [0.25, 0.3) is 0 Å². The second-order valence-corrected chi connectivity index (χ2v) is 5.71. The summed E-state index contributed by atoms with van der Waals surface area (Å²) in [5.41, 5.74) is 1.55. The van der Waals surface area contributed by atoms with Crippen LogP contribution in [-0.2, 0) is 11.2 Å². The molecule has 0 spiro atoms. The van der Waals surface area contributed by atoms with E-state index in [4.69, 9.17) is 23.7 Å². The van der Waals surface area contributed by atoms with Crippen molar-refractivity contribution in [2.45, 2.75) is 12.5 Å². The highest BCUT2D eigenvalue weighted by molar-refractivity contribution is 5.98. The Morgan fingerprint density at radius 3 is 2.27 bits per heavy atom. The number of rotatable bonds is 6. The molecular weight excluding hydrogens is 340 g/mol. The molecule has 0 saturated heterocycles. The molecule has 0 saturated carbocycles. The average Bonchev–Trinajstić information content (AvgIpc) is 2.96. The lowest BCUT2D eigenvalue weighted by Crippen LogP contribution is -2.03. The number of esters is 1. The number of methoxy groups -OCH3 is 4. The third-order valence-corrected chi connectivity index (χ3v) is 4.34. The van der Waals surface area contributed by atoms with E-state index in [0.717, 1.165) is 5.56 Å². The molecule has 7 nitrogen and oxygen atoms in total. The lowest BCUT2D eigenvalue weighted by molar-refractivity contribution is 0.0385. The van der Waals surface area contributed by atoms with E-state index in [1.54, 1.807) is 26.4 Å². The van der Waals surface area contributed by atoms with E-state index in [9.17, 15) is 9.90 Å². The Morgan fingerprint density at radius 2 is 1.65 bits per heavy atom. The van der Waals surface area contributed by atoms with E-state index in [2.05, 4.69) is 0 Å². The van der Waals surface area contributed by atoms with Crippen molar-refractivity contribution in [2.75, 3.05) is 28.4 Å². The minimum absolute atomic E-state index is 0.105. The van der Waals surface area contributed by atoms with Gasteiger partial charge in [-0.25, -0.2) is 4.79 Å². The first-order valence-corrected chi connectivity index (χ1v) is 7.93. The quantitative estimate of drug-likeness (QED) is 0.793. The second-order valence-electron chi connectivity index (χ2n) is 5.71. The molecule has 0 fully saturated rings. The van der Waals surface area contributed by atoms with Gasteiger partial charge in [0.05, 0.1) is 28.4 Å². The van der Waals surface area contributed by atoms with Crippen molar-refractivity contribution in [3.63, 3.8) is 0 Å².